The lowest BCUT2D eigenvalue weighted by Gasteiger charge is -2.55. The number of amides is 1. The second-order valence-electron chi connectivity index (χ2n) is 10.1. The summed E-state index contributed by atoms with van der Waals surface area (Å²) in [5, 5.41) is 3.47. The van der Waals surface area contributed by atoms with Gasteiger partial charge in [-0.15, -0.1) is 0 Å². The molecule has 1 amide bonds. The highest BCUT2D eigenvalue weighted by atomic mass is 16.2. The lowest BCUT2D eigenvalue weighted by Crippen LogP contribution is -2.54. The zero-order chi connectivity index (χ0) is 14.5. The van der Waals surface area contributed by atoms with Crippen LogP contribution in [0.25, 0.3) is 0 Å². The molecule has 5 atom stereocenters. The van der Waals surface area contributed by atoms with E-state index in [9.17, 15) is 4.79 Å². The van der Waals surface area contributed by atoms with E-state index in [0.717, 1.165) is 53.9 Å². The van der Waals surface area contributed by atoms with Gasteiger partial charge < -0.3 is 5.32 Å². The number of carbonyl (C=O) groups is 1. The third-order valence-electron chi connectivity index (χ3n) is 8.88. The molecule has 0 aromatic heterocycles. The molecule has 0 unspecified atom stereocenters. The Labute approximate surface area is 133 Å². The number of rotatable bonds is 3. The minimum atomic E-state index is 0.0640. The van der Waals surface area contributed by atoms with Crippen molar-refractivity contribution in [2.45, 2.75) is 57.8 Å². The van der Waals surface area contributed by atoms with E-state index >= 15 is 0 Å². The van der Waals surface area contributed by atoms with Gasteiger partial charge in [0.25, 0.3) is 0 Å². The lowest BCUT2D eigenvalue weighted by atomic mass is 9.49. The average molecular weight is 299 g/mol. The predicted molar refractivity (Wildman–Crippen MR) is 84.9 cm³/mol. The van der Waals surface area contributed by atoms with Crippen LogP contribution < -0.4 is 5.32 Å². The maximum Gasteiger partial charge on any atom is 0.226 e. The van der Waals surface area contributed by atoms with Crippen molar-refractivity contribution in [1.29, 1.82) is 0 Å². The summed E-state index contributed by atoms with van der Waals surface area (Å²) in [7, 11) is 0. The SMILES string of the molecule is O=C(NC[C@@H]1C[C@H]2C[C@@H]1[C@@H]1C[C@H]21)C12CC3CC(CC(C3)C1)C2. The van der Waals surface area contributed by atoms with E-state index in [-0.39, 0.29) is 5.41 Å². The average Bonchev–Trinajstić information content (AvgIpc) is 3.09. The minimum Gasteiger partial charge on any atom is -0.355 e. The van der Waals surface area contributed by atoms with Crippen molar-refractivity contribution >= 4 is 5.91 Å². The molecular formula is C20H29NO. The van der Waals surface area contributed by atoms with E-state index < -0.39 is 0 Å². The van der Waals surface area contributed by atoms with Crippen LogP contribution in [0, 0.1) is 52.8 Å². The first-order valence-electron chi connectivity index (χ1n) is 9.98. The fourth-order valence-electron chi connectivity index (χ4n) is 8.38. The molecule has 0 aliphatic heterocycles. The molecule has 0 heterocycles. The molecule has 0 aromatic carbocycles. The summed E-state index contributed by atoms with van der Waals surface area (Å²) >= 11 is 0. The van der Waals surface area contributed by atoms with E-state index in [1.54, 1.807) is 0 Å². The molecule has 6 bridgehead atoms. The molecule has 0 spiro atoms. The summed E-state index contributed by atoms with van der Waals surface area (Å²) in [6, 6.07) is 0. The van der Waals surface area contributed by atoms with Crippen LogP contribution in [0.15, 0.2) is 0 Å². The molecule has 22 heavy (non-hydrogen) atoms. The van der Waals surface area contributed by atoms with Gasteiger partial charge in [0.2, 0.25) is 5.91 Å². The smallest absolute Gasteiger partial charge is 0.226 e. The van der Waals surface area contributed by atoms with E-state index in [4.69, 9.17) is 0 Å². The van der Waals surface area contributed by atoms with E-state index in [1.807, 2.05) is 0 Å². The van der Waals surface area contributed by atoms with Gasteiger partial charge in [-0.25, -0.2) is 0 Å². The Morgan fingerprint density at radius 1 is 0.818 bits per heavy atom. The van der Waals surface area contributed by atoms with Crippen LogP contribution in [-0.4, -0.2) is 12.5 Å². The van der Waals surface area contributed by atoms with Crippen molar-refractivity contribution in [3.63, 3.8) is 0 Å². The van der Waals surface area contributed by atoms with Crippen molar-refractivity contribution in [2.75, 3.05) is 6.54 Å². The second kappa shape index (κ2) is 4.11. The Morgan fingerprint density at radius 3 is 2.09 bits per heavy atom. The number of carbonyl (C=O) groups excluding carboxylic acids is 1. The zero-order valence-corrected chi connectivity index (χ0v) is 13.6. The number of hydrogen-bond acceptors (Lipinski definition) is 1. The Morgan fingerprint density at radius 2 is 1.50 bits per heavy atom. The first-order chi connectivity index (χ1) is 10.7. The predicted octanol–water partition coefficient (Wildman–Crippen LogP) is 3.61. The van der Waals surface area contributed by atoms with Gasteiger partial charge in [0.15, 0.2) is 0 Å². The summed E-state index contributed by atoms with van der Waals surface area (Å²) in [5.74, 6) is 8.13. The monoisotopic (exact) mass is 299 g/mol. The molecule has 0 saturated heterocycles. The normalized spacial score (nSPS) is 59.6. The summed E-state index contributed by atoms with van der Waals surface area (Å²) in [4.78, 5) is 13.0. The Kier molecular flexibility index (Phi) is 2.40. The van der Waals surface area contributed by atoms with Crippen LogP contribution in [-0.2, 0) is 4.79 Å². The highest BCUT2D eigenvalue weighted by Gasteiger charge is 2.61. The molecular weight excluding hydrogens is 270 g/mol. The van der Waals surface area contributed by atoms with Gasteiger partial charge >= 0.3 is 0 Å². The Bertz CT molecular complexity index is 491. The quantitative estimate of drug-likeness (QED) is 0.847. The summed E-state index contributed by atoms with van der Waals surface area (Å²) in [6.45, 7) is 1.00. The first kappa shape index (κ1) is 12.8. The molecule has 120 valence electrons. The molecule has 7 aliphatic rings. The van der Waals surface area contributed by atoms with Gasteiger partial charge in [-0.1, -0.05) is 0 Å². The van der Waals surface area contributed by atoms with Crippen molar-refractivity contribution in [1.82, 2.24) is 5.32 Å². The molecule has 2 heteroatoms. The van der Waals surface area contributed by atoms with Gasteiger partial charge in [-0.2, -0.15) is 0 Å². The third-order valence-corrected chi connectivity index (χ3v) is 8.88. The maximum absolute atomic E-state index is 13.0. The molecule has 1 N–H and O–H groups in total. The molecule has 7 aliphatic carbocycles. The van der Waals surface area contributed by atoms with Crippen LogP contribution >= 0.6 is 0 Å². The van der Waals surface area contributed by atoms with Crippen molar-refractivity contribution in [3.05, 3.63) is 0 Å². The van der Waals surface area contributed by atoms with Crippen LogP contribution in [0.3, 0.4) is 0 Å². The Balaban J connectivity index is 1.14. The van der Waals surface area contributed by atoms with E-state index in [0.29, 0.717) is 5.91 Å². The van der Waals surface area contributed by atoms with Crippen LogP contribution in [0.2, 0.25) is 0 Å². The molecule has 7 saturated carbocycles. The molecule has 2 nitrogen and oxygen atoms in total. The van der Waals surface area contributed by atoms with Gasteiger partial charge in [-0.05, 0) is 105 Å². The minimum absolute atomic E-state index is 0.0640. The molecule has 0 radical (unpaired) electrons. The van der Waals surface area contributed by atoms with Gasteiger partial charge in [0.05, 0.1) is 0 Å². The molecule has 0 aromatic rings. The summed E-state index contributed by atoms with van der Waals surface area (Å²) in [6.07, 6.45) is 12.4. The standard InChI is InChI=1S/C20H29NO/c22-19(20-7-11-1-12(8-20)3-13(2-11)9-20)21-10-15-4-14-5-16(15)18-6-17(14)18/h11-18H,1-10H2,(H,21,22)/t11?,12?,13?,14-,15-,16-,17+,18-,20?/m0/s1. The maximum atomic E-state index is 13.0. The largest absolute Gasteiger partial charge is 0.355 e. The van der Waals surface area contributed by atoms with E-state index in [2.05, 4.69) is 5.32 Å². The van der Waals surface area contributed by atoms with Gasteiger partial charge in [-0.3, -0.25) is 4.79 Å². The van der Waals surface area contributed by atoms with Crippen molar-refractivity contribution in [2.24, 2.45) is 52.8 Å². The summed E-state index contributed by atoms with van der Waals surface area (Å²) in [5.41, 5.74) is 0.0640. The Hall–Kier alpha value is -0.530. The fraction of sp³-hybridized carbons (Fsp3) is 0.950. The number of hydrogen-bond donors (Lipinski definition) is 1. The summed E-state index contributed by atoms with van der Waals surface area (Å²) < 4.78 is 0. The number of fused-ring (bicyclic) bond motifs is 5. The van der Waals surface area contributed by atoms with E-state index in [1.165, 1.54) is 57.8 Å². The third kappa shape index (κ3) is 1.65. The zero-order valence-electron chi connectivity index (χ0n) is 13.6. The van der Waals surface area contributed by atoms with Crippen LogP contribution in [0.4, 0.5) is 0 Å². The van der Waals surface area contributed by atoms with Crippen LogP contribution in [0.5, 0.6) is 0 Å². The number of nitrogens with one attached hydrogen (secondary N) is 1. The lowest BCUT2D eigenvalue weighted by molar-refractivity contribution is -0.146. The second-order valence-corrected chi connectivity index (χ2v) is 10.1. The van der Waals surface area contributed by atoms with Crippen LogP contribution in [0.1, 0.15) is 57.8 Å². The molecule has 7 rings (SSSR count). The van der Waals surface area contributed by atoms with Crippen molar-refractivity contribution < 1.29 is 4.79 Å². The van der Waals surface area contributed by atoms with Gasteiger partial charge in [0, 0.05) is 12.0 Å². The highest BCUT2D eigenvalue weighted by Crippen LogP contribution is 2.67. The van der Waals surface area contributed by atoms with Crippen molar-refractivity contribution in [3.8, 4) is 0 Å². The topological polar surface area (TPSA) is 29.1 Å². The highest BCUT2D eigenvalue weighted by molar-refractivity contribution is 5.83. The fourth-order valence-corrected chi connectivity index (χ4v) is 8.38. The first-order valence-corrected chi connectivity index (χ1v) is 9.98. The molecule has 7 fully saturated rings. The van der Waals surface area contributed by atoms with Gasteiger partial charge in [0.1, 0.15) is 0 Å².